The average Bonchev–Trinajstić information content (AvgIpc) is 2.88. The summed E-state index contributed by atoms with van der Waals surface area (Å²) in [7, 11) is 2.02. The fraction of sp³-hybridized carbons (Fsp3) is 0.214. The molecule has 102 valence electrons. The van der Waals surface area contributed by atoms with E-state index in [9.17, 15) is 0 Å². The first-order valence-corrected chi connectivity index (χ1v) is 7.18. The number of fused-ring (bicyclic) bond motifs is 1. The molecule has 0 fully saturated rings. The highest BCUT2D eigenvalue weighted by molar-refractivity contribution is 7.16. The summed E-state index contributed by atoms with van der Waals surface area (Å²) >= 11 is 1.58. The molecule has 6 heteroatoms. The van der Waals surface area contributed by atoms with Crippen molar-refractivity contribution >= 4 is 27.4 Å². The van der Waals surface area contributed by atoms with Crippen molar-refractivity contribution in [1.82, 2.24) is 19.9 Å². The topological polar surface area (TPSA) is 67.9 Å². The van der Waals surface area contributed by atoms with E-state index in [0.29, 0.717) is 12.4 Å². The number of anilines is 1. The number of nitrogens with zero attached hydrogens (tertiary/aromatic N) is 4. The summed E-state index contributed by atoms with van der Waals surface area (Å²) in [6.45, 7) is 1.40. The molecule has 0 saturated carbocycles. The van der Waals surface area contributed by atoms with Crippen LogP contribution in [0.2, 0.25) is 0 Å². The van der Waals surface area contributed by atoms with E-state index >= 15 is 0 Å². The molecule has 0 spiro atoms. The number of hydrogen-bond donors (Lipinski definition) is 1. The monoisotopic (exact) mass is 285 g/mol. The molecule has 0 atom stereocenters. The van der Waals surface area contributed by atoms with Gasteiger partial charge in [0.1, 0.15) is 16.5 Å². The van der Waals surface area contributed by atoms with Crippen molar-refractivity contribution in [2.75, 3.05) is 12.8 Å². The quantitative estimate of drug-likeness (QED) is 0.796. The minimum atomic E-state index is 0.553. The van der Waals surface area contributed by atoms with Gasteiger partial charge in [0.25, 0.3) is 0 Å². The zero-order valence-corrected chi connectivity index (χ0v) is 12.0. The molecule has 0 aliphatic rings. The van der Waals surface area contributed by atoms with Crippen LogP contribution >= 0.6 is 11.3 Å². The summed E-state index contributed by atoms with van der Waals surface area (Å²) in [5.74, 6) is 1.30. The summed E-state index contributed by atoms with van der Waals surface area (Å²) in [4.78, 5) is 16.3. The fourth-order valence-corrected chi connectivity index (χ4v) is 2.85. The lowest BCUT2D eigenvalue weighted by Crippen LogP contribution is -2.19. The summed E-state index contributed by atoms with van der Waals surface area (Å²) in [5.41, 5.74) is 6.98. The maximum atomic E-state index is 5.95. The van der Waals surface area contributed by atoms with Gasteiger partial charge in [-0.25, -0.2) is 9.97 Å². The summed E-state index contributed by atoms with van der Waals surface area (Å²) in [5, 5.41) is 2.92. The number of nitrogen functional groups attached to an aromatic ring is 1. The molecule has 0 radical (unpaired) electrons. The van der Waals surface area contributed by atoms with Crippen molar-refractivity contribution in [3.05, 3.63) is 47.4 Å². The number of thiophene rings is 1. The van der Waals surface area contributed by atoms with E-state index in [2.05, 4.69) is 19.9 Å². The van der Waals surface area contributed by atoms with Gasteiger partial charge in [-0.2, -0.15) is 0 Å². The SMILES string of the molecule is CN(Cc1ccccn1)Cc1nc(N)c2ccsc2n1. The van der Waals surface area contributed by atoms with Crippen LogP contribution in [0.5, 0.6) is 0 Å². The Hall–Kier alpha value is -2.05. The molecule has 5 nitrogen and oxygen atoms in total. The summed E-state index contributed by atoms with van der Waals surface area (Å²) < 4.78 is 0. The molecular weight excluding hydrogens is 270 g/mol. The van der Waals surface area contributed by atoms with E-state index in [1.165, 1.54) is 0 Å². The largest absolute Gasteiger partial charge is 0.383 e. The Morgan fingerprint density at radius 3 is 2.90 bits per heavy atom. The smallest absolute Gasteiger partial charge is 0.146 e. The highest BCUT2D eigenvalue weighted by Crippen LogP contribution is 2.23. The van der Waals surface area contributed by atoms with Crippen molar-refractivity contribution in [3.63, 3.8) is 0 Å². The standard InChI is InChI=1S/C14H15N5S/c1-19(8-10-4-2-3-6-16-10)9-12-17-13(15)11-5-7-20-14(11)18-12/h2-7H,8-9H2,1H3,(H2,15,17,18). The highest BCUT2D eigenvalue weighted by Gasteiger charge is 2.09. The Morgan fingerprint density at radius 2 is 2.10 bits per heavy atom. The third-order valence-corrected chi connectivity index (χ3v) is 3.78. The molecule has 3 aromatic heterocycles. The second-order valence-electron chi connectivity index (χ2n) is 4.66. The Morgan fingerprint density at radius 1 is 1.20 bits per heavy atom. The van der Waals surface area contributed by atoms with E-state index in [-0.39, 0.29) is 0 Å². The third kappa shape index (κ3) is 2.76. The molecule has 3 heterocycles. The van der Waals surface area contributed by atoms with Gasteiger partial charge in [-0.1, -0.05) is 6.07 Å². The molecular formula is C14H15N5S. The Kier molecular flexibility index (Phi) is 3.58. The van der Waals surface area contributed by atoms with Crippen LogP contribution in [0.25, 0.3) is 10.2 Å². The minimum absolute atomic E-state index is 0.553. The zero-order chi connectivity index (χ0) is 13.9. The number of rotatable bonds is 4. The van der Waals surface area contributed by atoms with E-state index in [1.54, 1.807) is 17.5 Å². The summed E-state index contributed by atoms with van der Waals surface area (Å²) in [6.07, 6.45) is 1.80. The van der Waals surface area contributed by atoms with Gasteiger partial charge >= 0.3 is 0 Å². The normalized spacial score (nSPS) is 11.3. The van der Waals surface area contributed by atoms with E-state index < -0.39 is 0 Å². The van der Waals surface area contributed by atoms with E-state index in [0.717, 1.165) is 28.3 Å². The van der Waals surface area contributed by atoms with E-state index in [1.807, 2.05) is 36.7 Å². The molecule has 2 N–H and O–H groups in total. The third-order valence-electron chi connectivity index (χ3n) is 2.97. The van der Waals surface area contributed by atoms with Crippen LogP contribution in [0.15, 0.2) is 35.8 Å². The van der Waals surface area contributed by atoms with Crippen LogP contribution in [0.3, 0.4) is 0 Å². The van der Waals surface area contributed by atoms with Crippen LogP contribution in [0.4, 0.5) is 5.82 Å². The first kappa shape index (κ1) is 13.0. The van der Waals surface area contributed by atoms with Crippen molar-refractivity contribution in [2.45, 2.75) is 13.1 Å². The van der Waals surface area contributed by atoms with Crippen LogP contribution in [0.1, 0.15) is 11.5 Å². The molecule has 0 amide bonds. The molecule has 20 heavy (non-hydrogen) atoms. The van der Waals surface area contributed by atoms with Crippen LogP contribution in [-0.4, -0.2) is 26.9 Å². The molecule has 0 aliphatic carbocycles. The van der Waals surface area contributed by atoms with Gasteiger partial charge in [0.15, 0.2) is 0 Å². The predicted molar refractivity (Wildman–Crippen MR) is 81.2 cm³/mol. The van der Waals surface area contributed by atoms with E-state index in [4.69, 9.17) is 5.73 Å². The fourth-order valence-electron chi connectivity index (χ4n) is 2.06. The lowest BCUT2D eigenvalue weighted by molar-refractivity contribution is 0.307. The second-order valence-corrected chi connectivity index (χ2v) is 5.55. The minimum Gasteiger partial charge on any atom is -0.383 e. The van der Waals surface area contributed by atoms with Crippen molar-refractivity contribution in [3.8, 4) is 0 Å². The van der Waals surface area contributed by atoms with Gasteiger partial charge in [-0.3, -0.25) is 9.88 Å². The summed E-state index contributed by atoms with van der Waals surface area (Å²) in [6, 6.07) is 7.87. The molecule has 3 aromatic rings. The number of pyridine rings is 1. The number of nitrogens with two attached hydrogens (primary N) is 1. The van der Waals surface area contributed by atoms with Crippen LogP contribution < -0.4 is 5.73 Å². The Bertz CT molecular complexity index is 710. The van der Waals surface area contributed by atoms with Crippen LogP contribution in [-0.2, 0) is 13.1 Å². The van der Waals surface area contributed by atoms with Gasteiger partial charge in [-0.15, -0.1) is 11.3 Å². The predicted octanol–water partition coefficient (Wildman–Crippen LogP) is 2.30. The lowest BCUT2D eigenvalue weighted by Gasteiger charge is -2.15. The molecule has 0 unspecified atom stereocenters. The van der Waals surface area contributed by atoms with Crippen molar-refractivity contribution in [1.29, 1.82) is 0 Å². The maximum Gasteiger partial charge on any atom is 0.146 e. The Labute approximate surface area is 121 Å². The molecule has 0 aromatic carbocycles. The van der Waals surface area contributed by atoms with Gasteiger partial charge < -0.3 is 5.73 Å². The number of aromatic nitrogens is 3. The molecule has 0 saturated heterocycles. The molecule has 0 aliphatic heterocycles. The van der Waals surface area contributed by atoms with Crippen molar-refractivity contribution < 1.29 is 0 Å². The van der Waals surface area contributed by atoms with Gasteiger partial charge in [0.05, 0.1) is 17.6 Å². The molecule has 0 bridgehead atoms. The molecule has 3 rings (SSSR count). The first-order valence-electron chi connectivity index (χ1n) is 6.30. The zero-order valence-electron chi connectivity index (χ0n) is 11.2. The second kappa shape index (κ2) is 5.52. The Balaban J connectivity index is 1.75. The average molecular weight is 285 g/mol. The maximum absolute atomic E-state index is 5.95. The van der Waals surface area contributed by atoms with Gasteiger partial charge in [0, 0.05) is 12.7 Å². The van der Waals surface area contributed by atoms with Crippen LogP contribution in [0, 0.1) is 0 Å². The number of hydrogen-bond acceptors (Lipinski definition) is 6. The lowest BCUT2D eigenvalue weighted by atomic mass is 10.3. The van der Waals surface area contributed by atoms with Gasteiger partial charge in [0.2, 0.25) is 0 Å². The van der Waals surface area contributed by atoms with Gasteiger partial charge in [-0.05, 0) is 30.6 Å². The first-order chi connectivity index (χ1) is 9.72. The highest BCUT2D eigenvalue weighted by atomic mass is 32.1. The van der Waals surface area contributed by atoms with Crippen molar-refractivity contribution in [2.24, 2.45) is 0 Å².